The first-order chi connectivity index (χ1) is 15.4. The van der Waals surface area contributed by atoms with Crippen LogP contribution in [0.15, 0.2) is 78.6 Å². The number of benzene rings is 2. The van der Waals surface area contributed by atoms with E-state index in [-0.39, 0.29) is 30.2 Å². The van der Waals surface area contributed by atoms with Gasteiger partial charge in [0.05, 0.1) is 23.9 Å². The number of aryl methyl sites for hydroxylation is 1. The first-order valence-corrected chi connectivity index (χ1v) is 10.5. The molecule has 0 aliphatic carbocycles. The van der Waals surface area contributed by atoms with Gasteiger partial charge in [-0.25, -0.2) is 0 Å². The number of aromatic nitrogens is 1. The molecule has 1 aliphatic heterocycles. The lowest BCUT2D eigenvalue weighted by molar-refractivity contribution is -0.137. The third-order valence-electron chi connectivity index (χ3n) is 5.05. The van der Waals surface area contributed by atoms with E-state index >= 15 is 0 Å². The molecule has 0 unspecified atom stereocenters. The predicted octanol–water partition coefficient (Wildman–Crippen LogP) is 4.57. The zero-order valence-corrected chi connectivity index (χ0v) is 18.3. The number of hydrogen-bond donors (Lipinski definition) is 1. The number of amides is 2. The fraction of sp³-hybridized carbons (Fsp3) is 0.192. The molecular weight excluding hydrogens is 402 g/mol. The molecule has 6 nitrogen and oxygen atoms in total. The molecule has 1 aromatic heterocycles. The zero-order valence-electron chi connectivity index (χ0n) is 18.3. The predicted molar refractivity (Wildman–Crippen MR) is 124 cm³/mol. The third-order valence-corrected chi connectivity index (χ3v) is 5.05. The van der Waals surface area contributed by atoms with E-state index in [1.165, 1.54) is 4.90 Å². The smallest absolute Gasteiger partial charge is 0.278 e. The summed E-state index contributed by atoms with van der Waals surface area (Å²) in [5, 5.41) is 3.18. The van der Waals surface area contributed by atoms with Crippen LogP contribution in [0.3, 0.4) is 0 Å². The summed E-state index contributed by atoms with van der Waals surface area (Å²) in [7, 11) is 0. The molecule has 0 spiro atoms. The summed E-state index contributed by atoms with van der Waals surface area (Å²) < 4.78 is 5.71. The maximum Gasteiger partial charge on any atom is 0.278 e. The van der Waals surface area contributed by atoms with Crippen LogP contribution in [0.5, 0.6) is 5.75 Å². The van der Waals surface area contributed by atoms with Crippen molar-refractivity contribution in [1.82, 2.24) is 9.88 Å². The van der Waals surface area contributed by atoms with Crippen LogP contribution in [0.2, 0.25) is 0 Å². The number of imide groups is 1. The minimum absolute atomic E-state index is 0.0439. The molecule has 0 saturated heterocycles. The van der Waals surface area contributed by atoms with E-state index in [0.717, 1.165) is 11.3 Å². The van der Waals surface area contributed by atoms with Gasteiger partial charge in [0.1, 0.15) is 11.4 Å². The Morgan fingerprint density at radius 3 is 2.28 bits per heavy atom. The lowest BCUT2D eigenvalue weighted by Gasteiger charge is -2.15. The molecule has 0 fully saturated rings. The maximum absolute atomic E-state index is 13.4. The van der Waals surface area contributed by atoms with Crippen molar-refractivity contribution in [2.75, 3.05) is 5.32 Å². The van der Waals surface area contributed by atoms with E-state index in [4.69, 9.17) is 4.74 Å². The molecule has 0 atom stereocenters. The number of rotatable bonds is 7. The third kappa shape index (κ3) is 4.54. The number of anilines is 1. The van der Waals surface area contributed by atoms with Crippen LogP contribution in [0, 0.1) is 6.92 Å². The largest absolute Gasteiger partial charge is 0.491 e. The number of nitrogens with one attached hydrogen (secondary N) is 1. The lowest BCUT2D eigenvalue weighted by atomic mass is 10.0. The van der Waals surface area contributed by atoms with Crippen molar-refractivity contribution in [2.24, 2.45) is 0 Å². The van der Waals surface area contributed by atoms with E-state index in [2.05, 4.69) is 10.3 Å². The van der Waals surface area contributed by atoms with Gasteiger partial charge in [-0.05, 0) is 62.7 Å². The number of carbonyl (C=O) groups excluding carboxylic acids is 2. The quantitative estimate of drug-likeness (QED) is 0.559. The van der Waals surface area contributed by atoms with Crippen LogP contribution in [0.1, 0.15) is 30.7 Å². The highest BCUT2D eigenvalue weighted by atomic mass is 16.5. The molecule has 3 aromatic rings. The van der Waals surface area contributed by atoms with Gasteiger partial charge < -0.3 is 10.1 Å². The summed E-state index contributed by atoms with van der Waals surface area (Å²) in [5.74, 6) is -0.0222. The van der Waals surface area contributed by atoms with Crippen molar-refractivity contribution in [3.05, 3.63) is 95.4 Å². The van der Waals surface area contributed by atoms with Crippen LogP contribution in [0.4, 0.5) is 5.69 Å². The Morgan fingerprint density at radius 2 is 1.66 bits per heavy atom. The second-order valence-electron chi connectivity index (χ2n) is 7.95. The molecule has 6 heteroatoms. The highest BCUT2D eigenvalue weighted by molar-refractivity contribution is 6.36. The van der Waals surface area contributed by atoms with E-state index < -0.39 is 0 Å². The summed E-state index contributed by atoms with van der Waals surface area (Å²) in [4.78, 5) is 32.2. The first kappa shape index (κ1) is 21.3. The summed E-state index contributed by atoms with van der Waals surface area (Å²) in [6.07, 6.45) is 1.69. The molecule has 2 heterocycles. The van der Waals surface area contributed by atoms with E-state index in [1.807, 2.05) is 63.2 Å². The van der Waals surface area contributed by atoms with Gasteiger partial charge in [0.25, 0.3) is 11.8 Å². The molecule has 0 bridgehead atoms. The Bertz CT molecular complexity index is 1150. The normalized spacial score (nSPS) is 13.8. The highest BCUT2D eigenvalue weighted by Crippen LogP contribution is 2.32. The fourth-order valence-electron chi connectivity index (χ4n) is 3.51. The Hall–Kier alpha value is -3.93. The molecule has 2 aromatic carbocycles. The molecule has 0 saturated carbocycles. The zero-order chi connectivity index (χ0) is 22.7. The molecule has 0 radical (unpaired) electrons. The molecule has 162 valence electrons. The van der Waals surface area contributed by atoms with Crippen molar-refractivity contribution in [1.29, 1.82) is 0 Å². The summed E-state index contributed by atoms with van der Waals surface area (Å²) in [6.45, 7) is 6.01. The van der Waals surface area contributed by atoms with Gasteiger partial charge in [0, 0.05) is 11.9 Å². The average molecular weight is 428 g/mol. The van der Waals surface area contributed by atoms with Gasteiger partial charge in [0.2, 0.25) is 0 Å². The van der Waals surface area contributed by atoms with Crippen molar-refractivity contribution in [3.63, 3.8) is 0 Å². The number of ether oxygens (including phenoxy) is 1. The van der Waals surface area contributed by atoms with Crippen LogP contribution >= 0.6 is 0 Å². The van der Waals surface area contributed by atoms with Crippen molar-refractivity contribution < 1.29 is 14.3 Å². The highest BCUT2D eigenvalue weighted by Gasteiger charge is 2.39. The summed E-state index contributed by atoms with van der Waals surface area (Å²) in [5.41, 5.74) is 3.73. The fourth-order valence-corrected chi connectivity index (χ4v) is 3.51. The Kier molecular flexibility index (Phi) is 6.03. The van der Waals surface area contributed by atoms with E-state index in [9.17, 15) is 9.59 Å². The van der Waals surface area contributed by atoms with Gasteiger partial charge >= 0.3 is 0 Å². The van der Waals surface area contributed by atoms with Crippen molar-refractivity contribution in [3.8, 4) is 5.75 Å². The topological polar surface area (TPSA) is 71.5 Å². The van der Waals surface area contributed by atoms with Gasteiger partial charge in [-0.15, -0.1) is 0 Å². The number of hydrogen-bond acceptors (Lipinski definition) is 5. The Balaban J connectivity index is 1.71. The van der Waals surface area contributed by atoms with Crippen LogP contribution < -0.4 is 10.1 Å². The first-order valence-electron chi connectivity index (χ1n) is 10.5. The maximum atomic E-state index is 13.4. The van der Waals surface area contributed by atoms with Gasteiger partial charge in [-0.1, -0.05) is 35.9 Å². The molecule has 4 rings (SSSR count). The van der Waals surface area contributed by atoms with Gasteiger partial charge in [-0.2, -0.15) is 0 Å². The summed E-state index contributed by atoms with van der Waals surface area (Å²) in [6, 6.07) is 20.3. The summed E-state index contributed by atoms with van der Waals surface area (Å²) >= 11 is 0. The standard InChI is InChI=1S/C26H25N3O3/c1-17(2)32-22-13-9-19(10-14-22)23-24(28-20-11-7-18(3)8-12-20)26(31)29(25(23)30)16-21-6-4-5-15-27-21/h4-15,17,28H,16H2,1-3H3. The van der Waals surface area contributed by atoms with Gasteiger partial charge in [-0.3, -0.25) is 19.5 Å². The molecular formula is C26H25N3O3. The molecule has 32 heavy (non-hydrogen) atoms. The minimum Gasteiger partial charge on any atom is -0.491 e. The average Bonchev–Trinajstić information content (AvgIpc) is 3.00. The molecule has 2 amide bonds. The molecule has 1 aliphatic rings. The van der Waals surface area contributed by atoms with E-state index in [0.29, 0.717) is 22.6 Å². The van der Waals surface area contributed by atoms with Crippen molar-refractivity contribution in [2.45, 2.75) is 33.4 Å². The van der Waals surface area contributed by atoms with Crippen LogP contribution in [-0.4, -0.2) is 27.8 Å². The van der Waals surface area contributed by atoms with Crippen LogP contribution in [-0.2, 0) is 16.1 Å². The minimum atomic E-state index is -0.376. The number of carbonyl (C=O) groups is 2. The SMILES string of the molecule is Cc1ccc(NC2=C(c3ccc(OC(C)C)cc3)C(=O)N(Cc3ccccn3)C2=O)cc1. The number of pyridine rings is 1. The second-order valence-corrected chi connectivity index (χ2v) is 7.95. The van der Waals surface area contributed by atoms with Gasteiger partial charge in [0.15, 0.2) is 0 Å². The molecule has 1 N–H and O–H groups in total. The van der Waals surface area contributed by atoms with Crippen molar-refractivity contribution >= 4 is 23.1 Å². The second kappa shape index (κ2) is 9.06. The van der Waals surface area contributed by atoms with Crippen LogP contribution in [0.25, 0.3) is 5.57 Å². The monoisotopic (exact) mass is 427 g/mol. The Labute approximate surface area is 187 Å². The number of nitrogens with zero attached hydrogens (tertiary/aromatic N) is 2. The van der Waals surface area contributed by atoms with E-state index in [1.54, 1.807) is 30.5 Å². The lowest BCUT2D eigenvalue weighted by Crippen LogP contribution is -2.32. The Morgan fingerprint density at radius 1 is 0.938 bits per heavy atom.